The molecule has 66 valence electrons. The average molecular weight is 168 g/mol. The molecule has 0 aliphatic carbocycles. The summed E-state index contributed by atoms with van der Waals surface area (Å²) < 4.78 is 0. The Hall–Kier alpha value is -0.900. The summed E-state index contributed by atoms with van der Waals surface area (Å²) in [5, 5.41) is 3.21. The van der Waals surface area contributed by atoms with E-state index in [-0.39, 0.29) is 11.8 Å². The molecule has 2 aliphatic heterocycles. The lowest BCUT2D eigenvalue weighted by Crippen LogP contribution is -2.44. The van der Waals surface area contributed by atoms with Crippen molar-refractivity contribution in [2.45, 2.75) is 25.7 Å². The Kier molecular flexibility index (Phi) is 1.84. The number of amides is 2. The fourth-order valence-electron chi connectivity index (χ4n) is 1.78. The quantitative estimate of drug-likeness (QED) is 0.523. The van der Waals surface area contributed by atoms with Gasteiger partial charge in [0, 0.05) is 25.9 Å². The van der Waals surface area contributed by atoms with Gasteiger partial charge in [-0.2, -0.15) is 0 Å². The van der Waals surface area contributed by atoms with Crippen LogP contribution in [0.15, 0.2) is 0 Å². The zero-order chi connectivity index (χ0) is 8.55. The first kappa shape index (κ1) is 7.73. The number of nitrogens with zero attached hydrogens (tertiary/aromatic N) is 2. The van der Waals surface area contributed by atoms with Gasteiger partial charge in [-0.1, -0.05) is 0 Å². The van der Waals surface area contributed by atoms with Crippen molar-refractivity contribution in [2.24, 2.45) is 0 Å². The third-order valence-corrected chi connectivity index (χ3v) is 2.39. The minimum absolute atomic E-state index is 0.0260. The molecule has 12 heavy (non-hydrogen) atoms. The third kappa shape index (κ3) is 1.12. The second-order valence-corrected chi connectivity index (χ2v) is 3.26. The Bertz CT molecular complexity index is 205. The van der Waals surface area contributed by atoms with Crippen molar-refractivity contribution >= 4 is 11.8 Å². The van der Waals surface area contributed by atoms with E-state index in [1.165, 1.54) is 5.01 Å². The molecule has 0 radical (unpaired) electrons. The van der Waals surface area contributed by atoms with Gasteiger partial charge < -0.3 is 0 Å². The van der Waals surface area contributed by atoms with E-state index in [2.05, 4.69) is 0 Å². The Morgan fingerprint density at radius 3 is 1.92 bits per heavy atom. The standard InChI is InChI=1S/C8H12N2O2/c11-7-3-4-8(12)10(7)9-5-1-2-6-9/h1-6H2. The van der Waals surface area contributed by atoms with Crippen LogP contribution in [-0.4, -0.2) is 34.9 Å². The maximum atomic E-state index is 11.2. The first-order valence-electron chi connectivity index (χ1n) is 4.40. The smallest absolute Gasteiger partial charge is 0.244 e. The summed E-state index contributed by atoms with van der Waals surface area (Å²) in [4.78, 5) is 22.5. The zero-order valence-corrected chi connectivity index (χ0v) is 6.95. The lowest BCUT2D eigenvalue weighted by atomic mass is 10.4. The van der Waals surface area contributed by atoms with Crippen molar-refractivity contribution in [1.82, 2.24) is 10.0 Å². The van der Waals surface area contributed by atoms with Crippen LogP contribution in [0.5, 0.6) is 0 Å². The first-order valence-corrected chi connectivity index (χ1v) is 4.40. The molecule has 0 bridgehead atoms. The van der Waals surface area contributed by atoms with Crippen LogP contribution in [0.25, 0.3) is 0 Å². The molecule has 0 atom stereocenters. The van der Waals surface area contributed by atoms with Crippen LogP contribution in [0.4, 0.5) is 0 Å². The Morgan fingerprint density at radius 2 is 1.42 bits per heavy atom. The number of hydrogen-bond donors (Lipinski definition) is 0. The summed E-state index contributed by atoms with van der Waals surface area (Å²) in [5.74, 6) is -0.0520. The van der Waals surface area contributed by atoms with Gasteiger partial charge in [0.2, 0.25) is 11.8 Å². The van der Waals surface area contributed by atoms with Gasteiger partial charge in [-0.15, -0.1) is 0 Å². The molecule has 4 nitrogen and oxygen atoms in total. The summed E-state index contributed by atoms with van der Waals surface area (Å²) in [7, 11) is 0. The fourth-order valence-corrected chi connectivity index (χ4v) is 1.78. The number of imide groups is 1. The fraction of sp³-hybridized carbons (Fsp3) is 0.750. The van der Waals surface area contributed by atoms with E-state index < -0.39 is 0 Å². The molecule has 0 aromatic carbocycles. The van der Waals surface area contributed by atoms with E-state index in [1.54, 1.807) is 0 Å². The van der Waals surface area contributed by atoms with E-state index in [4.69, 9.17) is 0 Å². The molecule has 0 spiro atoms. The SMILES string of the molecule is O=C1CCC(=O)N1N1CCCC1. The Morgan fingerprint density at radius 1 is 0.917 bits per heavy atom. The van der Waals surface area contributed by atoms with Crippen LogP contribution >= 0.6 is 0 Å². The van der Waals surface area contributed by atoms with Crippen molar-refractivity contribution in [1.29, 1.82) is 0 Å². The molecule has 4 heteroatoms. The molecule has 0 aromatic rings. The van der Waals surface area contributed by atoms with Gasteiger partial charge in [-0.25, -0.2) is 10.0 Å². The third-order valence-electron chi connectivity index (χ3n) is 2.39. The van der Waals surface area contributed by atoms with E-state index in [0.29, 0.717) is 12.8 Å². The zero-order valence-electron chi connectivity index (χ0n) is 6.95. The van der Waals surface area contributed by atoms with Crippen molar-refractivity contribution in [2.75, 3.05) is 13.1 Å². The van der Waals surface area contributed by atoms with Crippen molar-refractivity contribution in [3.63, 3.8) is 0 Å². The number of carbonyl (C=O) groups excluding carboxylic acids is 2. The van der Waals surface area contributed by atoms with E-state index in [0.717, 1.165) is 25.9 Å². The number of hydrogen-bond acceptors (Lipinski definition) is 3. The molecule has 2 fully saturated rings. The van der Waals surface area contributed by atoms with Gasteiger partial charge in [-0.05, 0) is 12.8 Å². The molecule has 2 aliphatic rings. The summed E-state index contributed by atoms with van der Waals surface area (Å²) in [6.45, 7) is 1.72. The molecule has 0 unspecified atom stereocenters. The highest BCUT2D eigenvalue weighted by molar-refractivity contribution is 6.01. The highest BCUT2D eigenvalue weighted by atomic mass is 16.2. The van der Waals surface area contributed by atoms with Crippen LogP contribution < -0.4 is 0 Å². The van der Waals surface area contributed by atoms with Gasteiger partial charge in [-0.3, -0.25) is 9.59 Å². The minimum Gasteiger partial charge on any atom is -0.273 e. The molecule has 0 N–H and O–H groups in total. The van der Waals surface area contributed by atoms with Gasteiger partial charge in [0.05, 0.1) is 0 Å². The van der Waals surface area contributed by atoms with E-state index in [9.17, 15) is 9.59 Å². The van der Waals surface area contributed by atoms with E-state index >= 15 is 0 Å². The Balaban J connectivity index is 2.09. The Labute approximate surface area is 71.1 Å². The van der Waals surface area contributed by atoms with Gasteiger partial charge >= 0.3 is 0 Å². The average Bonchev–Trinajstić information content (AvgIpc) is 2.61. The van der Waals surface area contributed by atoms with Crippen molar-refractivity contribution < 1.29 is 9.59 Å². The maximum absolute atomic E-state index is 11.2. The largest absolute Gasteiger partial charge is 0.273 e. The van der Waals surface area contributed by atoms with Gasteiger partial charge in [0.25, 0.3) is 0 Å². The van der Waals surface area contributed by atoms with Crippen LogP contribution in [0, 0.1) is 0 Å². The first-order chi connectivity index (χ1) is 5.79. The number of carbonyl (C=O) groups is 2. The second kappa shape index (κ2) is 2.86. The van der Waals surface area contributed by atoms with Gasteiger partial charge in [0.1, 0.15) is 0 Å². The molecule has 2 rings (SSSR count). The predicted molar refractivity (Wildman–Crippen MR) is 41.9 cm³/mol. The molecule has 0 saturated carbocycles. The molecule has 2 saturated heterocycles. The maximum Gasteiger partial charge on any atom is 0.244 e. The highest BCUT2D eigenvalue weighted by Gasteiger charge is 2.34. The van der Waals surface area contributed by atoms with Crippen LogP contribution in [0.2, 0.25) is 0 Å². The topological polar surface area (TPSA) is 40.6 Å². The molecular formula is C8H12N2O2. The second-order valence-electron chi connectivity index (χ2n) is 3.26. The summed E-state index contributed by atoms with van der Waals surface area (Å²) >= 11 is 0. The molecular weight excluding hydrogens is 156 g/mol. The highest BCUT2D eigenvalue weighted by Crippen LogP contribution is 2.18. The summed E-state index contributed by atoms with van der Waals surface area (Å²) in [6, 6.07) is 0. The summed E-state index contributed by atoms with van der Waals surface area (Å²) in [6.07, 6.45) is 2.98. The summed E-state index contributed by atoms with van der Waals surface area (Å²) in [5.41, 5.74) is 0. The lowest BCUT2D eigenvalue weighted by molar-refractivity contribution is -0.155. The number of hydrazine groups is 1. The van der Waals surface area contributed by atoms with Crippen molar-refractivity contribution in [3.8, 4) is 0 Å². The van der Waals surface area contributed by atoms with Crippen LogP contribution in [-0.2, 0) is 9.59 Å². The molecule has 0 aromatic heterocycles. The van der Waals surface area contributed by atoms with Crippen LogP contribution in [0.1, 0.15) is 25.7 Å². The molecule has 2 heterocycles. The monoisotopic (exact) mass is 168 g/mol. The van der Waals surface area contributed by atoms with Crippen LogP contribution in [0.3, 0.4) is 0 Å². The van der Waals surface area contributed by atoms with Crippen molar-refractivity contribution in [3.05, 3.63) is 0 Å². The normalized spacial score (nSPS) is 25.8. The predicted octanol–water partition coefficient (Wildman–Crippen LogP) is 0.146. The minimum atomic E-state index is -0.0260. The number of rotatable bonds is 1. The lowest BCUT2D eigenvalue weighted by Gasteiger charge is -2.24. The molecule has 2 amide bonds. The van der Waals surface area contributed by atoms with Gasteiger partial charge in [0.15, 0.2) is 0 Å². The van der Waals surface area contributed by atoms with E-state index in [1.807, 2.05) is 5.01 Å².